The summed E-state index contributed by atoms with van der Waals surface area (Å²) in [7, 11) is 0. The van der Waals surface area contributed by atoms with Gasteiger partial charge in [-0.1, -0.05) is 30.3 Å². The SMILES string of the molecule is Cc1cccc(N2CCN(c3cnnc(Nc4ccccc4)n3)CC2)c1C. The largest absolute Gasteiger partial charge is 0.368 e. The molecule has 6 heteroatoms. The molecule has 3 aromatic rings. The maximum atomic E-state index is 4.64. The molecule has 0 amide bonds. The molecule has 0 atom stereocenters. The molecule has 1 fully saturated rings. The van der Waals surface area contributed by atoms with Crippen molar-refractivity contribution in [3.63, 3.8) is 0 Å². The van der Waals surface area contributed by atoms with Gasteiger partial charge in [0, 0.05) is 37.6 Å². The van der Waals surface area contributed by atoms with Gasteiger partial charge in [-0.2, -0.15) is 10.1 Å². The highest BCUT2D eigenvalue weighted by molar-refractivity contribution is 5.58. The second-order valence-corrected chi connectivity index (χ2v) is 6.82. The lowest BCUT2D eigenvalue weighted by molar-refractivity contribution is 0.643. The third kappa shape index (κ3) is 3.84. The highest BCUT2D eigenvalue weighted by atomic mass is 15.3. The van der Waals surface area contributed by atoms with Gasteiger partial charge in [-0.3, -0.25) is 0 Å². The number of rotatable bonds is 4. The zero-order valence-corrected chi connectivity index (χ0v) is 15.8. The Morgan fingerprint density at radius 2 is 1.59 bits per heavy atom. The highest BCUT2D eigenvalue weighted by Crippen LogP contribution is 2.25. The van der Waals surface area contributed by atoms with Gasteiger partial charge in [-0.05, 0) is 43.2 Å². The minimum atomic E-state index is 0.524. The first-order valence-corrected chi connectivity index (χ1v) is 9.28. The molecule has 27 heavy (non-hydrogen) atoms. The third-order valence-corrected chi connectivity index (χ3v) is 5.10. The van der Waals surface area contributed by atoms with Crippen LogP contribution >= 0.6 is 0 Å². The van der Waals surface area contributed by atoms with Crippen LogP contribution in [-0.2, 0) is 0 Å². The highest BCUT2D eigenvalue weighted by Gasteiger charge is 2.20. The topological polar surface area (TPSA) is 57.2 Å². The second-order valence-electron chi connectivity index (χ2n) is 6.82. The average molecular weight is 360 g/mol. The summed E-state index contributed by atoms with van der Waals surface area (Å²) in [5.74, 6) is 1.39. The zero-order valence-electron chi connectivity index (χ0n) is 15.8. The Morgan fingerprint density at radius 3 is 2.37 bits per heavy atom. The fourth-order valence-corrected chi connectivity index (χ4v) is 3.41. The molecule has 0 spiro atoms. The number of hydrogen-bond donors (Lipinski definition) is 1. The molecule has 1 saturated heterocycles. The minimum absolute atomic E-state index is 0.524. The van der Waals surface area contributed by atoms with Gasteiger partial charge in [0.1, 0.15) is 0 Å². The van der Waals surface area contributed by atoms with Gasteiger partial charge >= 0.3 is 0 Å². The summed E-state index contributed by atoms with van der Waals surface area (Å²) in [4.78, 5) is 9.37. The molecule has 1 aromatic heterocycles. The maximum Gasteiger partial charge on any atom is 0.249 e. The molecule has 1 N–H and O–H groups in total. The van der Waals surface area contributed by atoms with E-state index in [9.17, 15) is 0 Å². The second kappa shape index (κ2) is 7.61. The van der Waals surface area contributed by atoms with Crippen molar-refractivity contribution in [1.29, 1.82) is 0 Å². The smallest absolute Gasteiger partial charge is 0.249 e. The lowest BCUT2D eigenvalue weighted by Crippen LogP contribution is -2.47. The lowest BCUT2D eigenvalue weighted by Gasteiger charge is -2.37. The number of anilines is 4. The van der Waals surface area contributed by atoms with E-state index in [4.69, 9.17) is 0 Å². The van der Waals surface area contributed by atoms with Crippen LogP contribution in [0.15, 0.2) is 54.7 Å². The van der Waals surface area contributed by atoms with E-state index in [-0.39, 0.29) is 0 Å². The first-order valence-electron chi connectivity index (χ1n) is 9.28. The van der Waals surface area contributed by atoms with Crippen molar-refractivity contribution in [3.05, 3.63) is 65.9 Å². The summed E-state index contributed by atoms with van der Waals surface area (Å²) in [5.41, 5.74) is 4.99. The number of benzene rings is 2. The predicted octanol–water partition coefficient (Wildman–Crippen LogP) is 3.56. The Labute approximate surface area is 159 Å². The van der Waals surface area contributed by atoms with Crippen LogP contribution in [0.3, 0.4) is 0 Å². The monoisotopic (exact) mass is 360 g/mol. The van der Waals surface area contributed by atoms with Crippen LogP contribution in [-0.4, -0.2) is 41.4 Å². The van der Waals surface area contributed by atoms with Crippen molar-refractivity contribution in [3.8, 4) is 0 Å². The van der Waals surface area contributed by atoms with E-state index in [1.807, 2.05) is 30.3 Å². The molecule has 1 aliphatic rings. The van der Waals surface area contributed by atoms with Crippen LogP contribution < -0.4 is 15.1 Å². The Bertz CT molecular complexity index is 904. The number of nitrogens with zero attached hydrogens (tertiary/aromatic N) is 5. The quantitative estimate of drug-likeness (QED) is 0.768. The predicted molar refractivity (Wildman–Crippen MR) is 110 cm³/mol. The third-order valence-electron chi connectivity index (χ3n) is 5.10. The van der Waals surface area contributed by atoms with Gasteiger partial charge in [0.05, 0.1) is 6.20 Å². The van der Waals surface area contributed by atoms with Crippen LogP contribution in [0.5, 0.6) is 0 Å². The van der Waals surface area contributed by atoms with E-state index in [0.29, 0.717) is 5.95 Å². The summed E-state index contributed by atoms with van der Waals surface area (Å²) in [6.45, 7) is 8.13. The molecule has 0 radical (unpaired) electrons. The van der Waals surface area contributed by atoms with Gasteiger partial charge in [0.15, 0.2) is 5.82 Å². The molecule has 0 bridgehead atoms. The van der Waals surface area contributed by atoms with Crippen LogP contribution in [0, 0.1) is 13.8 Å². The van der Waals surface area contributed by atoms with Gasteiger partial charge in [0.25, 0.3) is 0 Å². The van der Waals surface area contributed by atoms with Crippen molar-refractivity contribution in [2.45, 2.75) is 13.8 Å². The molecule has 2 aromatic carbocycles. The van der Waals surface area contributed by atoms with Crippen molar-refractivity contribution < 1.29 is 0 Å². The Morgan fingerprint density at radius 1 is 0.852 bits per heavy atom. The lowest BCUT2D eigenvalue weighted by atomic mass is 10.1. The average Bonchev–Trinajstić information content (AvgIpc) is 2.71. The summed E-state index contributed by atoms with van der Waals surface area (Å²) >= 11 is 0. The summed E-state index contributed by atoms with van der Waals surface area (Å²) in [6, 6.07) is 16.4. The Kier molecular flexibility index (Phi) is 4.87. The number of nitrogens with one attached hydrogen (secondary N) is 1. The Balaban J connectivity index is 1.44. The standard InChI is InChI=1S/C21H24N6/c1-16-7-6-10-19(17(16)2)26-11-13-27(14-12-26)20-15-22-25-21(24-20)23-18-8-4-3-5-9-18/h3-10,15H,11-14H2,1-2H3,(H,23,24,25). The van der Waals surface area contributed by atoms with Crippen molar-refractivity contribution in [2.75, 3.05) is 41.3 Å². The molecule has 2 heterocycles. The first-order chi connectivity index (χ1) is 13.2. The number of para-hydroxylation sites is 1. The number of hydrogen-bond acceptors (Lipinski definition) is 6. The van der Waals surface area contributed by atoms with Crippen molar-refractivity contribution in [2.24, 2.45) is 0 Å². The van der Waals surface area contributed by atoms with Crippen LogP contribution in [0.4, 0.5) is 23.1 Å². The molecular formula is C21H24N6. The van der Waals surface area contributed by atoms with E-state index in [2.05, 4.69) is 62.3 Å². The van der Waals surface area contributed by atoms with Crippen LogP contribution in [0.1, 0.15) is 11.1 Å². The molecule has 0 saturated carbocycles. The first kappa shape index (κ1) is 17.3. The van der Waals surface area contributed by atoms with Crippen molar-refractivity contribution >= 4 is 23.1 Å². The molecule has 138 valence electrons. The fraction of sp³-hybridized carbons (Fsp3) is 0.286. The zero-order chi connectivity index (χ0) is 18.6. The number of aryl methyl sites for hydroxylation is 1. The minimum Gasteiger partial charge on any atom is -0.368 e. The van der Waals surface area contributed by atoms with E-state index >= 15 is 0 Å². The Hall–Kier alpha value is -3.15. The van der Waals surface area contributed by atoms with E-state index in [1.165, 1.54) is 16.8 Å². The molecule has 4 rings (SSSR count). The summed E-state index contributed by atoms with van der Waals surface area (Å²) in [5, 5.41) is 11.4. The summed E-state index contributed by atoms with van der Waals surface area (Å²) < 4.78 is 0. The molecule has 1 aliphatic heterocycles. The number of piperazine rings is 1. The summed E-state index contributed by atoms with van der Waals surface area (Å²) in [6.07, 6.45) is 1.74. The van der Waals surface area contributed by atoms with Gasteiger partial charge in [-0.25, -0.2) is 0 Å². The van der Waals surface area contributed by atoms with Crippen molar-refractivity contribution in [1.82, 2.24) is 15.2 Å². The van der Waals surface area contributed by atoms with Crippen LogP contribution in [0.2, 0.25) is 0 Å². The molecular weight excluding hydrogens is 336 g/mol. The fourth-order valence-electron chi connectivity index (χ4n) is 3.41. The molecule has 0 unspecified atom stereocenters. The normalized spacial score (nSPS) is 14.3. The van der Waals surface area contributed by atoms with E-state index in [1.54, 1.807) is 6.20 Å². The molecule has 0 aliphatic carbocycles. The van der Waals surface area contributed by atoms with Gasteiger partial charge < -0.3 is 15.1 Å². The molecule has 6 nitrogen and oxygen atoms in total. The van der Waals surface area contributed by atoms with Crippen LogP contribution in [0.25, 0.3) is 0 Å². The van der Waals surface area contributed by atoms with E-state index in [0.717, 1.165) is 37.7 Å². The van der Waals surface area contributed by atoms with E-state index < -0.39 is 0 Å². The number of aromatic nitrogens is 3. The van der Waals surface area contributed by atoms with Gasteiger partial charge in [0.2, 0.25) is 5.95 Å². The van der Waals surface area contributed by atoms with Gasteiger partial charge in [-0.15, -0.1) is 5.10 Å². The maximum absolute atomic E-state index is 4.64.